The Hall–Kier alpha value is -1.32. The van der Waals surface area contributed by atoms with Crippen molar-refractivity contribution in [3.63, 3.8) is 0 Å². The number of carbonyl (C=O) groups is 2. The molecule has 0 bridgehead atoms. The number of hydrogen-bond donors (Lipinski definition) is 2. The van der Waals surface area contributed by atoms with E-state index in [0.29, 0.717) is 0 Å². The largest absolute Gasteiger partial charge is 0.354 e. The van der Waals surface area contributed by atoms with Gasteiger partial charge in [-0.3, -0.25) is 9.59 Å². The molecule has 0 aromatic carbocycles. The van der Waals surface area contributed by atoms with Crippen molar-refractivity contribution in [3.8, 4) is 0 Å². The fraction of sp³-hybridized carbons (Fsp3) is 0.789. The second-order valence-electron chi connectivity index (χ2n) is 6.61. The summed E-state index contributed by atoms with van der Waals surface area (Å²) in [7, 11) is 0. The van der Waals surface area contributed by atoms with E-state index in [1.54, 1.807) is 0 Å². The molecule has 1 atom stereocenters. The van der Waals surface area contributed by atoms with Crippen molar-refractivity contribution in [3.05, 3.63) is 11.6 Å². The van der Waals surface area contributed by atoms with E-state index < -0.39 is 0 Å². The Morgan fingerprint density at radius 2 is 1.87 bits per heavy atom. The van der Waals surface area contributed by atoms with Crippen LogP contribution in [0.5, 0.6) is 0 Å². The maximum absolute atomic E-state index is 12.1. The van der Waals surface area contributed by atoms with Crippen LogP contribution in [0.2, 0.25) is 0 Å². The fourth-order valence-corrected chi connectivity index (χ4v) is 2.86. The zero-order valence-corrected chi connectivity index (χ0v) is 15.0. The molecule has 0 saturated carbocycles. The molecular weight excluding hydrogens is 288 g/mol. The summed E-state index contributed by atoms with van der Waals surface area (Å²) in [6, 6.07) is -0.369. The highest BCUT2D eigenvalue weighted by molar-refractivity contribution is 5.96. The molecular formula is C19H34N2O2. The summed E-state index contributed by atoms with van der Waals surface area (Å²) in [5, 5.41) is 5.71. The van der Waals surface area contributed by atoms with Gasteiger partial charge in [0, 0.05) is 12.1 Å². The fourth-order valence-electron chi connectivity index (χ4n) is 2.86. The van der Waals surface area contributed by atoms with Gasteiger partial charge in [0.2, 0.25) is 11.8 Å². The smallest absolute Gasteiger partial charge is 0.247 e. The topological polar surface area (TPSA) is 58.2 Å². The first-order valence-electron chi connectivity index (χ1n) is 9.40. The highest BCUT2D eigenvalue weighted by atomic mass is 16.2. The third-order valence-electron chi connectivity index (χ3n) is 4.46. The Kier molecular flexibility index (Phi) is 10.4. The first-order chi connectivity index (χ1) is 11.1. The quantitative estimate of drug-likeness (QED) is 0.474. The average molecular weight is 322 g/mol. The van der Waals surface area contributed by atoms with Gasteiger partial charge in [-0.25, -0.2) is 0 Å². The lowest BCUT2D eigenvalue weighted by Gasteiger charge is -2.15. The van der Waals surface area contributed by atoms with Crippen LogP contribution in [-0.2, 0) is 9.59 Å². The van der Waals surface area contributed by atoms with Gasteiger partial charge < -0.3 is 10.6 Å². The maximum Gasteiger partial charge on any atom is 0.247 e. The van der Waals surface area contributed by atoms with Gasteiger partial charge in [-0.15, -0.1) is 0 Å². The van der Waals surface area contributed by atoms with E-state index in [4.69, 9.17) is 0 Å². The first-order valence-corrected chi connectivity index (χ1v) is 9.40. The average Bonchev–Trinajstić information content (AvgIpc) is 2.74. The molecule has 4 heteroatoms. The van der Waals surface area contributed by atoms with Crippen molar-refractivity contribution < 1.29 is 9.59 Å². The molecule has 2 N–H and O–H groups in total. The number of nitrogens with one attached hydrogen (secondary N) is 2. The Morgan fingerprint density at radius 1 is 1.17 bits per heavy atom. The normalized spacial score (nSPS) is 19.1. The van der Waals surface area contributed by atoms with Crippen LogP contribution in [0.3, 0.4) is 0 Å². The number of rotatable bonds is 10. The molecule has 1 heterocycles. The standard InChI is InChI=1S/C19H34N2O2/c1-3-4-5-6-7-8-9-10-13-16(2)18(22)21-17-14-11-12-15-20-19(17)23/h13,17H,3-12,14-15H2,1-2H3,(H,20,23)(H,21,22)/b16-13+/t17-/m0/s1. The molecule has 1 saturated heterocycles. The monoisotopic (exact) mass is 322 g/mol. The van der Waals surface area contributed by atoms with E-state index in [-0.39, 0.29) is 17.9 Å². The molecule has 1 fully saturated rings. The molecule has 0 spiro atoms. The summed E-state index contributed by atoms with van der Waals surface area (Å²) in [5.74, 6) is -0.147. The first kappa shape index (κ1) is 19.7. The lowest BCUT2D eigenvalue weighted by atomic mass is 10.1. The predicted octanol–water partition coefficient (Wildman–Crippen LogP) is 3.86. The lowest BCUT2D eigenvalue weighted by Crippen LogP contribution is -2.45. The summed E-state index contributed by atoms with van der Waals surface area (Å²) in [4.78, 5) is 24.0. The van der Waals surface area contributed by atoms with Gasteiger partial charge in [-0.1, -0.05) is 51.5 Å². The molecule has 1 rings (SSSR count). The van der Waals surface area contributed by atoms with Gasteiger partial charge in [0.15, 0.2) is 0 Å². The molecule has 1 aliphatic rings. The third kappa shape index (κ3) is 8.77. The Labute approximate surface area is 141 Å². The van der Waals surface area contributed by atoms with Crippen molar-refractivity contribution in [2.45, 2.75) is 90.5 Å². The van der Waals surface area contributed by atoms with Crippen LogP contribution in [0, 0.1) is 0 Å². The van der Waals surface area contributed by atoms with E-state index in [0.717, 1.165) is 44.2 Å². The van der Waals surface area contributed by atoms with Crippen molar-refractivity contribution in [1.82, 2.24) is 10.6 Å². The summed E-state index contributed by atoms with van der Waals surface area (Å²) in [6.07, 6.45) is 14.6. The van der Waals surface area contributed by atoms with Gasteiger partial charge >= 0.3 is 0 Å². The van der Waals surface area contributed by atoms with Gasteiger partial charge in [0.05, 0.1) is 0 Å². The lowest BCUT2D eigenvalue weighted by molar-refractivity contribution is -0.127. The Balaban J connectivity index is 2.20. The molecule has 0 aromatic rings. The number of carbonyl (C=O) groups excluding carboxylic acids is 2. The Bertz CT molecular complexity index is 391. The molecule has 132 valence electrons. The van der Waals surface area contributed by atoms with Crippen LogP contribution in [-0.4, -0.2) is 24.4 Å². The molecule has 0 aliphatic carbocycles. The summed E-state index contributed by atoms with van der Waals surface area (Å²) in [5.41, 5.74) is 0.730. The highest BCUT2D eigenvalue weighted by Crippen LogP contribution is 2.10. The van der Waals surface area contributed by atoms with Crippen molar-refractivity contribution in [1.29, 1.82) is 0 Å². The van der Waals surface area contributed by atoms with Gasteiger partial charge in [0.1, 0.15) is 6.04 Å². The van der Waals surface area contributed by atoms with E-state index in [2.05, 4.69) is 17.6 Å². The summed E-state index contributed by atoms with van der Waals surface area (Å²) < 4.78 is 0. The van der Waals surface area contributed by atoms with Crippen molar-refractivity contribution in [2.24, 2.45) is 0 Å². The zero-order valence-electron chi connectivity index (χ0n) is 15.0. The maximum atomic E-state index is 12.1. The van der Waals surface area contributed by atoms with Gasteiger partial charge in [-0.2, -0.15) is 0 Å². The molecule has 0 radical (unpaired) electrons. The van der Waals surface area contributed by atoms with E-state index in [1.165, 1.54) is 38.5 Å². The predicted molar refractivity (Wildman–Crippen MR) is 95.2 cm³/mol. The van der Waals surface area contributed by atoms with Crippen LogP contribution in [0.25, 0.3) is 0 Å². The molecule has 1 aliphatic heterocycles. The van der Waals surface area contributed by atoms with E-state index in [1.807, 2.05) is 13.0 Å². The van der Waals surface area contributed by atoms with Crippen LogP contribution in [0.4, 0.5) is 0 Å². The molecule has 23 heavy (non-hydrogen) atoms. The molecule has 2 amide bonds. The minimum Gasteiger partial charge on any atom is -0.354 e. The minimum atomic E-state index is -0.369. The number of allylic oxidation sites excluding steroid dienone is 1. The van der Waals surface area contributed by atoms with E-state index >= 15 is 0 Å². The van der Waals surface area contributed by atoms with Gasteiger partial charge in [0.25, 0.3) is 0 Å². The zero-order chi connectivity index (χ0) is 16.9. The number of unbranched alkanes of at least 4 members (excludes halogenated alkanes) is 7. The number of hydrogen-bond acceptors (Lipinski definition) is 2. The van der Waals surface area contributed by atoms with E-state index in [9.17, 15) is 9.59 Å². The third-order valence-corrected chi connectivity index (χ3v) is 4.46. The summed E-state index contributed by atoms with van der Waals surface area (Å²) in [6.45, 7) is 4.79. The Morgan fingerprint density at radius 3 is 2.61 bits per heavy atom. The minimum absolute atomic E-state index is 0.0456. The van der Waals surface area contributed by atoms with Crippen LogP contribution in [0.15, 0.2) is 11.6 Å². The SMILES string of the molecule is CCCCCCCCC/C=C(\C)C(=O)N[C@H]1CCCCNC1=O. The second kappa shape index (κ2) is 12.1. The second-order valence-corrected chi connectivity index (χ2v) is 6.61. The highest BCUT2D eigenvalue weighted by Gasteiger charge is 2.22. The molecule has 4 nitrogen and oxygen atoms in total. The van der Waals surface area contributed by atoms with Crippen LogP contribution < -0.4 is 10.6 Å². The van der Waals surface area contributed by atoms with Crippen LogP contribution >= 0.6 is 0 Å². The molecule has 0 aromatic heterocycles. The number of amides is 2. The summed E-state index contributed by atoms with van der Waals surface area (Å²) >= 11 is 0. The van der Waals surface area contributed by atoms with Gasteiger partial charge in [-0.05, 0) is 39.0 Å². The van der Waals surface area contributed by atoms with Crippen LogP contribution in [0.1, 0.15) is 84.5 Å². The van der Waals surface area contributed by atoms with Crippen molar-refractivity contribution in [2.75, 3.05) is 6.54 Å². The van der Waals surface area contributed by atoms with Crippen molar-refractivity contribution >= 4 is 11.8 Å². The molecule has 0 unspecified atom stereocenters.